The SMILES string of the molecule is CCc1nc(NC)c(C)c(NC2(C)CCOC2)n1. The quantitative estimate of drug-likeness (QED) is 0.855. The number of nitrogens with zero attached hydrogens (tertiary/aromatic N) is 2. The van der Waals surface area contributed by atoms with Gasteiger partial charge in [0.15, 0.2) is 0 Å². The second-order valence-electron chi connectivity index (χ2n) is 5.05. The summed E-state index contributed by atoms with van der Waals surface area (Å²) in [4.78, 5) is 9.06. The maximum atomic E-state index is 5.46. The second kappa shape index (κ2) is 5.10. The van der Waals surface area contributed by atoms with Gasteiger partial charge in [-0.1, -0.05) is 6.92 Å². The zero-order valence-electron chi connectivity index (χ0n) is 11.6. The van der Waals surface area contributed by atoms with Crippen molar-refractivity contribution in [2.45, 2.75) is 39.2 Å². The highest BCUT2D eigenvalue weighted by molar-refractivity contribution is 5.58. The van der Waals surface area contributed by atoms with E-state index in [1.54, 1.807) is 0 Å². The van der Waals surface area contributed by atoms with Gasteiger partial charge in [-0.2, -0.15) is 0 Å². The van der Waals surface area contributed by atoms with Crippen LogP contribution in [0.25, 0.3) is 0 Å². The molecular formula is C13H22N4O. The largest absolute Gasteiger partial charge is 0.379 e. The zero-order valence-corrected chi connectivity index (χ0v) is 11.6. The number of aryl methyl sites for hydroxylation is 1. The van der Waals surface area contributed by atoms with Crippen LogP contribution in [-0.2, 0) is 11.2 Å². The van der Waals surface area contributed by atoms with Gasteiger partial charge in [0, 0.05) is 25.6 Å². The molecule has 1 unspecified atom stereocenters. The van der Waals surface area contributed by atoms with Crippen LogP contribution in [0.1, 0.15) is 31.7 Å². The summed E-state index contributed by atoms with van der Waals surface area (Å²) >= 11 is 0. The Hall–Kier alpha value is -1.36. The lowest BCUT2D eigenvalue weighted by molar-refractivity contribution is 0.185. The van der Waals surface area contributed by atoms with Gasteiger partial charge in [-0.05, 0) is 20.3 Å². The Morgan fingerprint density at radius 2 is 2.06 bits per heavy atom. The molecule has 0 spiro atoms. The standard InChI is InChI=1S/C13H22N4O/c1-5-10-15-11(14-4)9(2)12(16-10)17-13(3)6-7-18-8-13/h5-8H2,1-4H3,(H2,14,15,16,17). The summed E-state index contributed by atoms with van der Waals surface area (Å²) in [5.74, 6) is 2.67. The lowest BCUT2D eigenvalue weighted by Gasteiger charge is -2.26. The normalized spacial score (nSPS) is 23.1. The van der Waals surface area contributed by atoms with Crippen molar-refractivity contribution in [3.8, 4) is 0 Å². The van der Waals surface area contributed by atoms with Crippen molar-refractivity contribution in [2.24, 2.45) is 0 Å². The molecule has 5 nitrogen and oxygen atoms in total. The smallest absolute Gasteiger partial charge is 0.135 e. The Bertz CT molecular complexity index is 427. The molecule has 1 atom stereocenters. The minimum atomic E-state index is -0.0187. The fraction of sp³-hybridized carbons (Fsp3) is 0.692. The van der Waals surface area contributed by atoms with E-state index in [1.807, 2.05) is 14.0 Å². The predicted molar refractivity (Wildman–Crippen MR) is 73.2 cm³/mol. The summed E-state index contributed by atoms with van der Waals surface area (Å²) in [5, 5.41) is 6.64. The molecule has 2 heterocycles. The minimum absolute atomic E-state index is 0.0187. The maximum Gasteiger partial charge on any atom is 0.135 e. The Balaban J connectivity index is 2.31. The Labute approximate surface area is 108 Å². The van der Waals surface area contributed by atoms with Crippen LogP contribution in [0, 0.1) is 6.92 Å². The first-order chi connectivity index (χ1) is 8.58. The van der Waals surface area contributed by atoms with E-state index in [0.717, 1.165) is 49.1 Å². The monoisotopic (exact) mass is 250 g/mol. The first-order valence-electron chi connectivity index (χ1n) is 6.49. The number of rotatable bonds is 4. The number of anilines is 2. The van der Waals surface area contributed by atoms with Gasteiger partial charge in [-0.3, -0.25) is 0 Å². The van der Waals surface area contributed by atoms with Crippen LogP contribution in [0.4, 0.5) is 11.6 Å². The van der Waals surface area contributed by atoms with Gasteiger partial charge >= 0.3 is 0 Å². The molecule has 0 aromatic carbocycles. The van der Waals surface area contributed by atoms with Crippen LogP contribution < -0.4 is 10.6 Å². The zero-order chi connectivity index (χ0) is 13.2. The van der Waals surface area contributed by atoms with Crippen LogP contribution in [-0.4, -0.2) is 35.8 Å². The lowest BCUT2D eigenvalue weighted by Crippen LogP contribution is -2.36. The van der Waals surface area contributed by atoms with Crippen molar-refractivity contribution in [2.75, 3.05) is 30.9 Å². The number of nitrogens with one attached hydrogen (secondary N) is 2. The van der Waals surface area contributed by atoms with Gasteiger partial charge in [0.1, 0.15) is 17.5 Å². The molecule has 0 radical (unpaired) electrons. The lowest BCUT2D eigenvalue weighted by atomic mass is 10.0. The molecule has 1 aromatic heterocycles. The molecule has 0 saturated carbocycles. The third-order valence-corrected chi connectivity index (χ3v) is 3.38. The molecule has 2 rings (SSSR count). The molecule has 0 amide bonds. The number of ether oxygens (including phenoxy) is 1. The summed E-state index contributed by atoms with van der Waals surface area (Å²) in [6.07, 6.45) is 1.84. The fourth-order valence-corrected chi connectivity index (χ4v) is 2.14. The van der Waals surface area contributed by atoms with Crippen LogP contribution in [0.15, 0.2) is 0 Å². The van der Waals surface area contributed by atoms with Gasteiger partial charge in [0.05, 0.1) is 12.1 Å². The molecule has 1 aliphatic heterocycles. The molecule has 2 N–H and O–H groups in total. The third-order valence-electron chi connectivity index (χ3n) is 3.38. The molecular weight excluding hydrogens is 228 g/mol. The van der Waals surface area contributed by atoms with E-state index in [0.29, 0.717) is 0 Å². The van der Waals surface area contributed by atoms with Crippen molar-refractivity contribution in [3.63, 3.8) is 0 Å². The molecule has 5 heteroatoms. The van der Waals surface area contributed by atoms with Gasteiger partial charge in [-0.25, -0.2) is 9.97 Å². The van der Waals surface area contributed by atoms with Crippen LogP contribution in [0.3, 0.4) is 0 Å². The summed E-state index contributed by atoms with van der Waals surface area (Å²) in [7, 11) is 1.89. The van der Waals surface area contributed by atoms with Crippen molar-refractivity contribution in [1.82, 2.24) is 9.97 Å². The Kier molecular flexibility index (Phi) is 3.71. The minimum Gasteiger partial charge on any atom is -0.379 e. The highest BCUT2D eigenvalue weighted by Gasteiger charge is 2.30. The molecule has 1 saturated heterocycles. The van der Waals surface area contributed by atoms with E-state index < -0.39 is 0 Å². The number of hydrogen-bond acceptors (Lipinski definition) is 5. The second-order valence-corrected chi connectivity index (χ2v) is 5.05. The maximum absolute atomic E-state index is 5.46. The molecule has 0 aliphatic carbocycles. The van der Waals surface area contributed by atoms with Crippen LogP contribution >= 0.6 is 0 Å². The Morgan fingerprint density at radius 1 is 1.33 bits per heavy atom. The predicted octanol–water partition coefficient (Wildman–Crippen LogP) is 1.98. The van der Waals surface area contributed by atoms with Crippen molar-refractivity contribution in [3.05, 3.63) is 11.4 Å². The molecule has 0 bridgehead atoms. The van der Waals surface area contributed by atoms with Crippen LogP contribution in [0.2, 0.25) is 0 Å². The van der Waals surface area contributed by atoms with E-state index in [-0.39, 0.29) is 5.54 Å². The van der Waals surface area contributed by atoms with Crippen molar-refractivity contribution >= 4 is 11.6 Å². The van der Waals surface area contributed by atoms with Crippen LogP contribution in [0.5, 0.6) is 0 Å². The van der Waals surface area contributed by atoms with Crippen molar-refractivity contribution in [1.29, 1.82) is 0 Å². The highest BCUT2D eigenvalue weighted by atomic mass is 16.5. The summed E-state index contributed by atoms with van der Waals surface area (Å²) in [5.41, 5.74) is 1.04. The van der Waals surface area contributed by atoms with E-state index >= 15 is 0 Å². The topological polar surface area (TPSA) is 59.1 Å². The van der Waals surface area contributed by atoms with E-state index in [9.17, 15) is 0 Å². The van der Waals surface area contributed by atoms with E-state index in [1.165, 1.54) is 0 Å². The van der Waals surface area contributed by atoms with Gasteiger partial charge in [0.2, 0.25) is 0 Å². The molecule has 100 valence electrons. The summed E-state index contributed by atoms with van der Waals surface area (Å²) in [6, 6.07) is 0. The fourth-order valence-electron chi connectivity index (χ4n) is 2.14. The average Bonchev–Trinajstić information content (AvgIpc) is 2.78. The average molecular weight is 250 g/mol. The molecule has 1 fully saturated rings. The third kappa shape index (κ3) is 2.56. The molecule has 18 heavy (non-hydrogen) atoms. The first kappa shape index (κ1) is 13.1. The first-order valence-corrected chi connectivity index (χ1v) is 6.49. The Morgan fingerprint density at radius 3 is 2.61 bits per heavy atom. The van der Waals surface area contributed by atoms with E-state index in [2.05, 4.69) is 34.4 Å². The summed E-state index contributed by atoms with van der Waals surface area (Å²) < 4.78 is 5.46. The summed E-state index contributed by atoms with van der Waals surface area (Å²) in [6.45, 7) is 7.81. The highest BCUT2D eigenvalue weighted by Crippen LogP contribution is 2.27. The molecule has 1 aliphatic rings. The van der Waals surface area contributed by atoms with Gasteiger partial charge in [0.25, 0.3) is 0 Å². The van der Waals surface area contributed by atoms with E-state index in [4.69, 9.17) is 4.74 Å². The number of hydrogen-bond donors (Lipinski definition) is 2. The van der Waals surface area contributed by atoms with Crippen molar-refractivity contribution < 1.29 is 4.74 Å². The number of aromatic nitrogens is 2. The molecule has 1 aromatic rings. The van der Waals surface area contributed by atoms with Gasteiger partial charge < -0.3 is 15.4 Å². The van der Waals surface area contributed by atoms with Gasteiger partial charge in [-0.15, -0.1) is 0 Å².